The van der Waals surface area contributed by atoms with Gasteiger partial charge >= 0.3 is 6.18 Å². The first-order valence-electron chi connectivity index (χ1n) is 7.41. The maximum atomic E-state index is 14.3. The van der Waals surface area contributed by atoms with Gasteiger partial charge in [0.2, 0.25) is 0 Å². The van der Waals surface area contributed by atoms with E-state index in [1.54, 1.807) is 0 Å². The second-order valence-electron chi connectivity index (χ2n) is 5.64. The predicted octanol–water partition coefficient (Wildman–Crippen LogP) is 3.48. The molecule has 3 rings (SSSR count). The van der Waals surface area contributed by atoms with Gasteiger partial charge in [0, 0.05) is 5.56 Å². The van der Waals surface area contributed by atoms with Gasteiger partial charge in [-0.25, -0.2) is 24.6 Å². The molecular weight excluding hydrogens is 395 g/mol. The number of hydrogen-bond acceptors (Lipinski definition) is 4. The normalized spacial score (nSPS) is 17.5. The van der Waals surface area contributed by atoms with E-state index < -0.39 is 57.3 Å². The Balaban J connectivity index is 2.43. The number of aliphatic imine (C=N–C) groups is 1. The Morgan fingerprint density at radius 1 is 1.19 bits per heavy atom. The summed E-state index contributed by atoms with van der Waals surface area (Å²) in [6, 6.07) is 1.64. The first-order chi connectivity index (χ1) is 12.5. The lowest BCUT2D eigenvalue weighted by atomic mass is 9.99. The molecule has 5 nitrogen and oxygen atoms in total. The number of fused-ring (bicyclic) bond motifs is 1. The van der Waals surface area contributed by atoms with Gasteiger partial charge < -0.3 is 0 Å². The Morgan fingerprint density at radius 2 is 1.78 bits per heavy atom. The average molecular weight is 405 g/mol. The maximum absolute atomic E-state index is 14.3. The molecule has 1 aromatic carbocycles. The number of aromatic nitrogens is 1. The molecule has 0 aliphatic carbocycles. The SMILES string of the molecule is C[C@@H]1N=C(c2c(F)cccc2F)c2c(cnc(C(F)(F)F)c2Cl)N(N)C1=O. The largest absolute Gasteiger partial charge is 0.434 e. The molecule has 11 heteroatoms. The molecule has 1 aliphatic heterocycles. The molecule has 2 aromatic rings. The van der Waals surface area contributed by atoms with Crippen molar-refractivity contribution in [3.8, 4) is 0 Å². The first kappa shape index (κ1) is 19.2. The number of anilines is 1. The topological polar surface area (TPSA) is 71.6 Å². The highest BCUT2D eigenvalue weighted by molar-refractivity contribution is 6.37. The van der Waals surface area contributed by atoms with Crippen molar-refractivity contribution in [3.63, 3.8) is 0 Å². The Labute approximate surface area is 154 Å². The summed E-state index contributed by atoms with van der Waals surface area (Å²) >= 11 is 5.89. The van der Waals surface area contributed by atoms with Crippen LogP contribution < -0.4 is 10.9 Å². The molecular formula is C16H10ClF5N4O. The van der Waals surface area contributed by atoms with Gasteiger partial charge in [0.05, 0.1) is 28.2 Å². The Kier molecular flexibility index (Phi) is 4.64. The van der Waals surface area contributed by atoms with Gasteiger partial charge in [-0.1, -0.05) is 17.7 Å². The van der Waals surface area contributed by atoms with Crippen LogP contribution in [0.15, 0.2) is 29.4 Å². The molecule has 1 aliphatic rings. The zero-order valence-electron chi connectivity index (χ0n) is 13.5. The fraction of sp³-hybridized carbons (Fsp3) is 0.188. The molecule has 1 aromatic heterocycles. The second kappa shape index (κ2) is 6.54. The number of halogens is 6. The van der Waals surface area contributed by atoms with Crippen molar-refractivity contribution in [2.45, 2.75) is 19.1 Å². The minimum atomic E-state index is -4.95. The molecule has 0 saturated heterocycles. The quantitative estimate of drug-likeness (QED) is 0.449. The number of carbonyl (C=O) groups is 1. The number of amides is 1. The lowest BCUT2D eigenvalue weighted by molar-refractivity contribution is -0.141. The smallest absolute Gasteiger partial charge is 0.271 e. The van der Waals surface area contributed by atoms with Crippen molar-refractivity contribution in [3.05, 3.63) is 57.9 Å². The van der Waals surface area contributed by atoms with Gasteiger partial charge in [0.1, 0.15) is 17.7 Å². The number of alkyl halides is 3. The van der Waals surface area contributed by atoms with Crippen LogP contribution in [0.5, 0.6) is 0 Å². The van der Waals surface area contributed by atoms with Crippen LogP contribution in [0.2, 0.25) is 5.02 Å². The summed E-state index contributed by atoms with van der Waals surface area (Å²) in [4.78, 5) is 19.4. The summed E-state index contributed by atoms with van der Waals surface area (Å²) in [5.74, 6) is 2.67. The van der Waals surface area contributed by atoms with E-state index >= 15 is 0 Å². The van der Waals surface area contributed by atoms with E-state index in [2.05, 4.69) is 9.98 Å². The summed E-state index contributed by atoms with van der Waals surface area (Å²) in [6.07, 6.45) is -4.29. The second-order valence-corrected chi connectivity index (χ2v) is 6.02. The number of rotatable bonds is 1. The molecule has 142 valence electrons. The van der Waals surface area contributed by atoms with E-state index in [0.717, 1.165) is 18.2 Å². The number of benzene rings is 1. The van der Waals surface area contributed by atoms with Gasteiger partial charge in [-0.15, -0.1) is 0 Å². The van der Waals surface area contributed by atoms with Gasteiger partial charge in [-0.2, -0.15) is 13.2 Å². The number of pyridine rings is 1. The molecule has 0 saturated carbocycles. The van der Waals surface area contributed by atoms with Crippen LogP contribution in [0.1, 0.15) is 23.7 Å². The van der Waals surface area contributed by atoms with E-state index in [-0.39, 0.29) is 5.69 Å². The van der Waals surface area contributed by atoms with Gasteiger partial charge in [-0.05, 0) is 19.1 Å². The van der Waals surface area contributed by atoms with Crippen molar-refractivity contribution in [1.82, 2.24) is 4.98 Å². The first-order valence-corrected chi connectivity index (χ1v) is 7.78. The predicted molar refractivity (Wildman–Crippen MR) is 87.4 cm³/mol. The molecule has 0 unspecified atom stereocenters. The van der Waals surface area contributed by atoms with Crippen molar-refractivity contribution in [1.29, 1.82) is 0 Å². The highest BCUT2D eigenvalue weighted by Crippen LogP contribution is 2.40. The fourth-order valence-corrected chi connectivity index (χ4v) is 2.97. The van der Waals surface area contributed by atoms with Crippen molar-refractivity contribution < 1.29 is 26.7 Å². The Bertz CT molecular complexity index is 956. The standard InChI is InChI=1S/C16H10ClF5N4O/c1-6-15(27)26(23)9-5-24-14(16(20,21)22)12(17)11(9)13(25-6)10-7(18)3-2-4-8(10)19/h2-6H,23H2,1H3/t6-/m0/s1. The average Bonchev–Trinajstić information content (AvgIpc) is 2.65. The molecule has 0 spiro atoms. The summed E-state index contributed by atoms with van der Waals surface area (Å²) < 4.78 is 68.3. The van der Waals surface area contributed by atoms with Gasteiger partial charge in [0.25, 0.3) is 5.91 Å². The van der Waals surface area contributed by atoms with Crippen molar-refractivity contribution in [2.24, 2.45) is 10.8 Å². The van der Waals surface area contributed by atoms with E-state index in [9.17, 15) is 26.7 Å². The monoisotopic (exact) mass is 404 g/mol. The molecule has 1 amide bonds. The van der Waals surface area contributed by atoms with Crippen molar-refractivity contribution in [2.75, 3.05) is 5.01 Å². The van der Waals surface area contributed by atoms with Crippen LogP contribution in [0.3, 0.4) is 0 Å². The Hall–Kier alpha value is -2.59. The van der Waals surface area contributed by atoms with E-state index in [0.29, 0.717) is 11.2 Å². The fourth-order valence-electron chi connectivity index (χ4n) is 2.63. The number of nitrogens with zero attached hydrogens (tertiary/aromatic N) is 3. The van der Waals surface area contributed by atoms with Crippen LogP contribution in [0, 0.1) is 11.6 Å². The minimum absolute atomic E-state index is 0.358. The number of hydrogen-bond donors (Lipinski definition) is 1. The minimum Gasteiger partial charge on any atom is -0.271 e. The van der Waals surface area contributed by atoms with Crippen LogP contribution in [0.25, 0.3) is 0 Å². The van der Waals surface area contributed by atoms with Crippen LogP contribution >= 0.6 is 11.6 Å². The van der Waals surface area contributed by atoms with Gasteiger partial charge in [-0.3, -0.25) is 9.79 Å². The third-order valence-corrected chi connectivity index (χ3v) is 4.25. The summed E-state index contributed by atoms with van der Waals surface area (Å²) in [7, 11) is 0. The Morgan fingerprint density at radius 3 is 2.33 bits per heavy atom. The van der Waals surface area contributed by atoms with E-state index in [1.165, 1.54) is 6.92 Å². The van der Waals surface area contributed by atoms with Crippen LogP contribution in [-0.4, -0.2) is 22.6 Å². The number of nitrogens with two attached hydrogens (primary N) is 1. The highest BCUT2D eigenvalue weighted by atomic mass is 35.5. The summed E-state index contributed by atoms with van der Waals surface area (Å²) in [6.45, 7) is 1.28. The number of carbonyl (C=O) groups excluding carboxylic acids is 1. The molecule has 27 heavy (non-hydrogen) atoms. The zero-order valence-corrected chi connectivity index (χ0v) is 14.2. The molecule has 0 fully saturated rings. The lowest BCUT2D eigenvalue weighted by Gasteiger charge is -2.20. The zero-order chi connectivity index (χ0) is 20.1. The van der Waals surface area contributed by atoms with E-state index in [1.807, 2.05) is 0 Å². The molecule has 1 atom stereocenters. The summed E-state index contributed by atoms with van der Waals surface area (Å²) in [5, 5.41) is -0.465. The maximum Gasteiger partial charge on any atom is 0.434 e. The van der Waals surface area contributed by atoms with Crippen molar-refractivity contribution >= 4 is 28.9 Å². The highest BCUT2D eigenvalue weighted by Gasteiger charge is 2.40. The third-order valence-electron chi connectivity index (χ3n) is 3.88. The van der Waals surface area contributed by atoms with Crippen LogP contribution in [0.4, 0.5) is 27.6 Å². The lowest BCUT2D eigenvalue weighted by Crippen LogP contribution is -2.42. The number of hydrazine groups is 1. The molecule has 2 heterocycles. The van der Waals surface area contributed by atoms with E-state index in [4.69, 9.17) is 17.4 Å². The molecule has 0 bridgehead atoms. The van der Waals surface area contributed by atoms with Gasteiger partial charge in [0.15, 0.2) is 5.69 Å². The molecule has 2 N–H and O–H groups in total. The third kappa shape index (κ3) is 3.15. The van der Waals surface area contributed by atoms with Crippen LogP contribution in [-0.2, 0) is 11.0 Å². The summed E-state index contributed by atoms with van der Waals surface area (Å²) in [5.41, 5.74) is -3.68. The molecule has 0 radical (unpaired) electrons.